The number of aliphatic hydroxyl groups is 1. The van der Waals surface area contributed by atoms with Crippen LogP contribution in [0.1, 0.15) is 23.0 Å². The van der Waals surface area contributed by atoms with Crippen molar-refractivity contribution in [2.24, 2.45) is 5.92 Å². The number of nitrogens with zero attached hydrogens (tertiary/aromatic N) is 2. The average molecular weight is 361 g/mol. The SMILES string of the molecule is CCOc1ccc(C(=O)N2C[C@@H](Cc3ccccn3)[C@H](O)C2)cc1Cl. The van der Waals surface area contributed by atoms with E-state index in [1.807, 2.05) is 25.1 Å². The summed E-state index contributed by atoms with van der Waals surface area (Å²) in [5, 5.41) is 10.7. The molecule has 5 nitrogen and oxygen atoms in total. The first-order valence-corrected chi connectivity index (χ1v) is 8.76. The minimum absolute atomic E-state index is 0.0166. The first-order chi connectivity index (χ1) is 12.1. The number of aliphatic hydroxyl groups excluding tert-OH is 1. The van der Waals surface area contributed by atoms with Gasteiger partial charge in [0, 0.05) is 36.5 Å². The van der Waals surface area contributed by atoms with Gasteiger partial charge < -0.3 is 14.7 Å². The molecule has 6 heteroatoms. The van der Waals surface area contributed by atoms with Gasteiger partial charge in [-0.1, -0.05) is 17.7 Å². The van der Waals surface area contributed by atoms with E-state index in [0.717, 1.165) is 5.69 Å². The van der Waals surface area contributed by atoms with Crippen LogP contribution in [0.3, 0.4) is 0 Å². The van der Waals surface area contributed by atoms with Gasteiger partial charge in [0.2, 0.25) is 0 Å². The molecule has 0 saturated carbocycles. The molecule has 1 aliphatic heterocycles. The molecule has 1 aromatic heterocycles. The number of benzene rings is 1. The van der Waals surface area contributed by atoms with Gasteiger partial charge in [-0.05, 0) is 43.7 Å². The number of likely N-dealkylation sites (tertiary alicyclic amines) is 1. The third-order valence-electron chi connectivity index (χ3n) is 4.37. The number of pyridine rings is 1. The van der Waals surface area contributed by atoms with Crippen molar-refractivity contribution in [3.05, 3.63) is 58.9 Å². The van der Waals surface area contributed by atoms with Gasteiger partial charge in [-0.3, -0.25) is 9.78 Å². The molecule has 0 aliphatic carbocycles. The van der Waals surface area contributed by atoms with Crippen molar-refractivity contribution in [1.82, 2.24) is 9.88 Å². The fourth-order valence-electron chi connectivity index (χ4n) is 3.10. The quantitative estimate of drug-likeness (QED) is 0.890. The van der Waals surface area contributed by atoms with Gasteiger partial charge in [-0.2, -0.15) is 0 Å². The van der Waals surface area contributed by atoms with Crippen LogP contribution in [0, 0.1) is 5.92 Å². The maximum atomic E-state index is 12.7. The average Bonchev–Trinajstić information content (AvgIpc) is 2.98. The van der Waals surface area contributed by atoms with Crippen LogP contribution in [-0.4, -0.2) is 46.7 Å². The molecule has 0 spiro atoms. The number of carbonyl (C=O) groups is 1. The highest BCUT2D eigenvalue weighted by atomic mass is 35.5. The third-order valence-corrected chi connectivity index (χ3v) is 4.67. The molecule has 132 valence electrons. The maximum Gasteiger partial charge on any atom is 0.254 e. The summed E-state index contributed by atoms with van der Waals surface area (Å²) in [6.07, 6.45) is 1.83. The van der Waals surface area contributed by atoms with Crippen molar-refractivity contribution in [2.45, 2.75) is 19.4 Å². The molecular formula is C19H21ClN2O3. The van der Waals surface area contributed by atoms with Crippen LogP contribution in [0.15, 0.2) is 42.6 Å². The van der Waals surface area contributed by atoms with Crippen LogP contribution in [0.5, 0.6) is 5.75 Å². The minimum Gasteiger partial charge on any atom is -0.492 e. The zero-order valence-electron chi connectivity index (χ0n) is 14.1. The van der Waals surface area contributed by atoms with Gasteiger partial charge in [0.1, 0.15) is 5.75 Å². The first-order valence-electron chi connectivity index (χ1n) is 8.38. The zero-order chi connectivity index (χ0) is 17.8. The monoisotopic (exact) mass is 360 g/mol. The van der Waals surface area contributed by atoms with E-state index in [-0.39, 0.29) is 11.8 Å². The van der Waals surface area contributed by atoms with E-state index in [9.17, 15) is 9.90 Å². The molecule has 1 aliphatic rings. The smallest absolute Gasteiger partial charge is 0.254 e. The maximum absolute atomic E-state index is 12.7. The van der Waals surface area contributed by atoms with Crippen molar-refractivity contribution in [3.63, 3.8) is 0 Å². The fourth-order valence-corrected chi connectivity index (χ4v) is 3.33. The van der Waals surface area contributed by atoms with E-state index < -0.39 is 6.10 Å². The number of amides is 1. The van der Waals surface area contributed by atoms with E-state index in [1.54, 1.807) is 29.3 Å². The molecule has 2 atom stereocenters. The molecule has 2 heterocycles. The Labute approximate surface area is 152 Å². The standard InChI is InChI=1S/C19H21ClN2O3/c1-2-25-18-7-6-13(10-16(18)20)19(24)22-11-14(17(23)12-22)9-15-5-3-4-8-21-15/h3-8,10,14,17,23H,2,9,11-12H2,1H3/t14-,17-/m1/s1. The predicted molar refractivity (Wildman–Crippen MR) is 96.0 cm³/mol. The Balaban J connectivity index is 1.68. The van der Waals surface area contributed by atoms with Gasteiger partial charge in [0.15, 0.2) is 0 Å². The second kappa shape index (κ2) is 7.85. The van der Waals surface area contributed by atoms with E-state index in [1.165, 1.54) is 0 Å². The molecule has 1 N–H and O–H groups in total. The number of hydrogen-bond acceptors (Lipinski definition) is 4. The number of β-amino-alcohol motifs (C(OH)–C–C–N with tert-alkyl or cyclic N) is 1. The molecule has 3 rings (SSSR count). The van der Waals surface area contributed by atoms with Gasteiger partial charge in [-0.15, -0.1) is 0 Å². The van der Waals surface area contributed by atoms with E-state index in [2.05, 4.69) is 4.98 Å². The van der Waals surface area contributed by atoms with Gasteiger partial charge >= 0.3 is 0 Å². The van der Waals surface area contributed by atoms with Crippen molar-refractivity contribution >= 4 is 17.5 Å². The lowest BCUT2D eigenvalue weighted by Gasteiger charge is -2.17. The number of ether oxygens (including phenoxy) is 1. The number of hydrogen-bond donors (Lipinski definition) is 1. The Morgan fingerprint density at radius 2 is 2.20 bits per heavy atom. The third kappa shape index (κ3) is 4.11. The number of halogens is 1. The van der Waals surface area contributed by atoms with Crippen LogP contribution in [-0.2, 0) is 6.42 Å². The largest absolute Gasteiger partial charge is 0.492 e. The van der Waals surface area contributed by atoms with Gasteiger partial charge in [0.05, 0.1) is 17.7 Å². The van der Waals surface area contributed by atoms with Crippen LogP contribution in [0.2, 0.25) is 5.02 Å². The molecule has 0 bridgehead atoms. The summed E-state index contributed by atoms with van der Waals surface area (Å²) in [7, 11) is 0. The van der Waals surface area contributed by atoms with Crippen LogP contribution < -0.4 is 4.74 Å². The molecule has 25 heavy (non-hydrogen) atoms. The number of aromatic nitrogens is 1. The lowest BCUT2D eigenvalue weighted by atomic mass is 10.00. The van der Waals surface area contributed by atoms with Crippen molar-refractivity contribution in [2.75, 3.05) is 19.7 Å². The topological polar surface area (TPSA) is 62.7 Å². The highest BCUT2D eigenvalue weighted by molar-refractivity contribution is 6.32. The Morgan fingerprint density at radius 1 is 1.36 bits per heavy atom. The molecule has 1 fully saturated rings. The molecule has 1 aromatic carbocycles. The fraction of sp³-hybridized carbons (Fsp3) is 0.368. The second-order valence-electron chi connectivity index (χ2n) is 6.14. The summed E-state index contributed by atoms with van der Waals surface area (Å²) in [5.74, 6) is 0.416. The van der Waals surface area contributed by atoms with Crippen LogP contribution in [0.4, 0.5) is 0 Å². The number of rotatable bonds is 5. The normalized spacial score (nSPS) is 19.9. The summed E-state index contributed by atoms with van der Waals surface area (Å²) >= 11 is 6.17. The Morgan fingerprint density at radius 3 is 2.88 bits per heavy atom. The lowest BCUT2D eigenvalue weighted by molar-refractivity contribution is 0.0764. The second-order valence-corrected chi connectivity index (χ2v) is 6.55. The number of carbonyl (C=O) groups excluding carboxylic acids is 1. The van der Waals surface area contributed by atoms with Crippen molar-refractivity contribution in [3.8, 4) is 5.75 Å². The minimum atomic E-state index is -0.552. The summed E-state index contributed by atoms with van der Waals surface area (Å²) in [6.45, 7) is 3.21. The summed E-state index contributed by atoms with van der Waals surface area (Å²) < 4.78 is 5.39. The van der Waals surface area contributed by atoms with Crippen LogP contribution in [0.25, 0.3) is 0 Å². The summed E-state index contributed by atoms with van der Waals surface area (Å²) in [4.78, 5) is 18.7. The van der Waals surface area contributed by atoms with E-state index >= 15 is 0 Å². The predicted octanol–water partition coefficient (Wildman–Crippen LogP) is 2.81. The molecule has 1 amide bonds. The van der Waals surface area contributed by atoms with Gasteiger partial charge in [-0.25, -0.2) is 0 Å². The van der Waals surface area contributed by atoms with Crippen molar-refractivity contribution < 1.29 is 14.6 Å². The van der Waals surface area contributed by atoms with E-state index in [0.29, 0.717) is 42.5 Å². The zero-order valence-corrected chi connectivity index (χ0v) is 14.8. The Bertz CT molecular complexity index is 739. The molecule has 1 saturated heterocycles. The first kappa shape index (κ1) is 17.7. The highest BCUT2D eigenvalue weighted by Gasteiger charge is 2.34. The Hall–Kier alpha value is -2.11. The van der Waals surface area contributed by atoms with E-state index in [4.69, 9.17) is 16.3 Å². The Kier molecular flexibility index (Phi) is 5.56. The molecule has 0 radical (unpaired) electrons. The van der Waals surface area contributed by atoms with Gasteiger partial charge in [0.25, 0.3) is 5.91 Å². The summed E-state index contributed by atoms with van der Waals surface area (Å²) in [5.41, 5.74) is 1.42. The van der Waals surface area contributed by atoms with Crippen molar-refractivity contribution in [1.29, 1.82) is 0 Å². The molecular weight excluding hydrogens is 340 g/mol. The lowest BCUT2D eigenvalue weighted by Crippen LogP contribution is -2.29. The molecule has 2 aromatic rings. The van der Waals surface area contributed by atoms with Crippen LogP contribution >= 0.6 is 11.6 Å². The summed E-state index contributed by atoms with van der Waals surface area (Å²) in [6, 6.07) is 10.7. The molecule has 0 unspecified atom stereocenters. The highest BCUT2D eigenvalue weighted by Crippen LogP contribution is 2.28.